The van der Waals surface area contributed by atoms with Crippen LogP contribution in [0, 0.1) is 0 Å². The molecular formula is C9H12N2O. The number of nitrogens with two attached hydrogens (primary N) is 1. The molecule has 1 aliphatic rings. The molecule has 0 saturated heterocycles. The Morgan fingerprint density at radius 1 is 1.58 bits per heavy atom. The number of hydrogen-bond acceptors (Lipinski definition) is 3. The summed E-state index contributed by atoms with van der Waals surface area (Å²) in [4.78, 5) is 0. The first-order valence-electron chi connectivity index (χ1n) is 4.06. The lowest BCUT2D eigenvalue weighted by Crippen LogP contribution is -2.09. The second kappa shape index (κ2) is 2.68. The molecule has 0 amide bonds. The molecule has 1 heterocycles. The zero-order chi connectivity index (χ0) is 8.55. The summed E-state index contributed by atoms with van der Waals surface area (Å²) in [6.07, 6.45) is 1.25. The molecule has 2 rings (SSSR count). The second-order valence-electron chi connectivity index (χ2n) is 3.07. The van der Waals surface area contributed by atoms with Crippen molar-refractivity contribution in [3.8, 4) is 5.75 Å². The van der Waals surface area contributed by atoms with Gasteiger partial charge in [0, 0.05) is 12.0 Å². The molecule has 1 aliphatic heterocycles. The number of ether oxygens (including phenoxy) is 1. The third-order valence-corrected chi connectivity index (χ3v) is 2.08. The van der Waals surface area contributed by atoms with Gasteiger partial charge in [-0.3, -0.25) is 5.84 Å². The minimum Gasteiger partial charge on any atom is -0.488 e. The topological polar surface area (TPSA) is 47.3 Å². The number of benzene rings is 1. The number of nitrogen functional groups attached to an aromatic ring is 1. The van der Waals surface area contributed by atoms with E-state index in [0.717, 1.165) is 17.9 Å². The summed E-state index contributed by atoms with van der Waals surface area (Å²) in [6.45, 7) is 2.06. The van der Waals surface area contributed by atoms with E-state index >= 15 is 0 Å². The summed E-state index contributed by atoms with van der Waals surface area (Å²) >= 11 is 0. The van der Waals surface area contributed by atoms with Crippen LogP contribution >= 0.6 is 0 Å². The Morgan fingerprint density at radius 2 is 2.42 bits per heavy atom. The molecule has 3 nitrogen and oxygen atoms in total. The van der Waals surface area contributed by atoms with Crippen molar-refractivity contribution in [1.29, 1.82) is 0 Å². The standard InChI is InChI=1S/C9H12N2O/c1-6-5-7-3-2-4-8(11-10)9(7)12-6/h2-4,6,11H,5,10H2,1H3. The maximum Gasteiger partial charge on any atom is 0.147 e. The quantitative estimate of drug-likeness (QED) is 0.485. The minimum atomic E-state index is 0.273. The van der Waals surface area contributed by atoms with Crippen molar-refractivity contribution < 1.29 is 4.74 Å². The number of nitrogens with one attached hydrogen (secondary N) is 1. The Balaban J connectivity index is 2.44. The molecule has 0 fully saturated rings. The van der Waals surface area contributed by atoms with Crippen LogP contribution < -0.4 is 16.0 Å². The summed E-state index contributed by atoms with van der Waals surface area (Å²) in [5, 5.41) is 0. The highest BCUT2D eigenvalue weighted by atomic mass is 16.5. The van der Waals surface area contributed by atoms with Crippen molar-refractivity contribution in [2.24, 2.45) is 5.84 Å². The van der Waals surface area contributed by atoms with Crippen LogP contribution in [0.15, 0.2) is 18.2 Å². The predicted molar refractivity (Wildman–Crippen MR) is 48.0 cm³/mol. The maximum absolute atomic E-state index is 5.59. The molecule has 0 aliphatic carbocycles. The Morgan fingerprint density at radius 3 is 3.17 bits per heavy atom. The van der Waals surface area contributed by atoms with Crippen LogP contribution in [0.4, 0.5) is 5.69 Å². The van der Waals surface area contributed by atoms with Gasteiger partial charge in [-0.1, -0.05) is 12.1 Å². The average Bonchev–Trinajstić information content (AvgIpc) is 2.44. The molecule has 3 N–H and O–H groups in total. The van der Waals surface area contributed by atoms with E-state index in [1.54, 1.807) is 0 Å². The van der Waals surface area contributed by atoms with E-state index in [1.807, 2.05) is 12.1 Å². The van der Waals surface area contributed by atoms with Crippen LogP contribution in [0.25, 0.3) is 0 Å². The summed E-state index contributed by atoms with van der Waals surface area (Å²) in [6, 6.07) is 5.96. The molecule has 1 unspecified atom stereocenters. The maximum atomic E-state index is 5.59. The van der Waals surface area contributed by atoms with Gasteiger partial charge < -0.3 is 10.2 Å². The predicted octanol–water partition coefficient (Wildman–Crippen LogP) is 1.30. The molecule has 0 aromatic heterocycles. The Kier molecular flexibility index (Phi) is 1.66. The van der Waals surface area contributed by atoms with Crippen LogP contribution in [0.1, 0.15) is 12.5 Å². The van der Waals surface area contributed by atoms with Gasteiger partial charge in [0.1, 0.15) is 11.9 Å². The van der Waals surface area contributed by atoms with Gasteiger partial charge in [-0.05, 0) is 13.0 Å². The number of hydrogen-bond donors (Lipinski definition) is 2. The molecule has 1 aromatic carbocycles. The summed E-state index contributed by atoms with van der Waals surface area (Å²) in [5.41, 5.74) is 4.73. The number of para-hydroxylation sites is 1. The summed E-state index contributed by atoms with van der Waals surface area (Å²) < 4.78 is 5.59. The van der Waals surface area contributed by atoms with Gasteiger partial charge in [-0.15, -0.1) is 0 Å². The molecule has 64 valence electrons. The average molecular weight is 164 g/mol. The summed E-state index contributed by atoms with van der Waals surface area (Å²) in [7, 11) is 0. The fraction of sp³-hybridized carbons (Fsp3) is 0.333. The Hall–Kier alpha value is -1.22. The molecule has 0 bridgehead atoms. The van der Waals surface area contributed by atoms with E-state index in [9.17, 15) is 0 Å². The zero-order valence-corrected chi connectivity index (χ0v) is 7.00. The first kappa shape index (κ1) is 7.43. The molecular weight excluding hydrogens is 152 g/mol. The van der Waals surface area contributed by atoms with Gasteiger partial charge in [0.25, 0.3) is 0 Å². The SMILES string of the molecule is CC1Cc2cccc(NN)c2O1. The van der Waals surface area contributed by atoms with Crippen LogP contribution in [0.5, 0.6) is 5.75 Å². The highest BCUT2D eigenvalue weighted by Crippen LogP contribution is 2.35. The van der Waals surface area contributed by atoms with Crippen LogP contribution in [-0.2, 0) is 6.42 Å². The normalized spacial score (nSPS) is 20.0. The van der Waals surface area contributed by atoms with Gasteiger partial charge in [0.05, 0.1) is 5.69 Å². The minimum absolute atomic E-state index is 0.273. The van der Waals surface area contributed by atoms with Gasteiger partial charge in [0.2, 0.25) is 0 Å². The lowest BCUT2D eigenvalue weighted by atomic mass is 10.1. The number of rotatable bonds is 1. The van der Waals surface area contributed by atoms with Crippen molar-refractivity contribution in [3.05, 3.63) is 23.8 Å². The monoisotopic (exact) mass is 164 g/mol. The van der Waals surface area contributed by atoms with E-state index in [2.05, 4.69) is 18.4 Å². The molecule has 1 aromatic rings. The van der Waals surface area contributed by atoms with Crippen LogP contribution in [-0.4, -0.2) is 6.10 Å². The van der Waals surface area contributed by atoms with Crippen LogP contribution in [0.3, 0.4) is 0 Å². The fourth-order valence-corrected chi connectivity index (χ4v) is 1.55. The fourth-order valence-electron chi connectivity index (χ4n) is 1.55. The highest BCUT2D eigenvalue weighted by Gasteiger charge is 2.20. The van der Waals surface area contributed by atoms with Gasteiger partial charge >= 0.3 is 0 Å². The number of fused-ring (bicyclic) bond motifs is 1. The molecule has 1 atom stereocenters. The lowest BCUT2D eigenvalue weighted by Gasteiger charge is -2.07. The molecule has 12 heavy (non-hydrogen) atoms. The van der Waals surface area contributed by atoms with E-state index in [1.165, 1.54) is 5.56 Å². The lowest BCUT2D eigenvalue weighted by molar-refractivity contribution is 0.255. The van der Waals surface area contributed by atoms with Crippen molar-refractivity contribution >= 4 is 5.69 Å². The molecule has 3 heteroatoms. The second-order valence-corrected chi connectivity index (χ2v) is 3.07. The molecule has 0 radical (unpaired) electrons. The highest BCUT2D eigenvalue weighted by molar-refractivity contribution is 5.61. The van der Waals surface area contributed by atoms with Gasteiger partial charge in [-0.2, -0.15) is 0 Å². The number of hydrazine groups is 1. The largest absolute Gasteiger partial charge is 0.488 e. The van der Waals surface area contributed by atoms with Crippen molar-refractivity contribution in [2.45, 2.75) is 19.4 Å². The third kappa shape index (κ3) is 1.02. The van der Waals surface area contributed by atoms with Crippen molar-refractivity contribution in [2.75, 3.05) is 5.43 Å². The van der Waals surface area contributed by atoms with E-state index in [4.69, 9.17) is 10.6 Å². The first-order valence-corrected chi connectivity index (χ1v) is 4.06. The van der Waals surface area contributed by atoms with E-state index in [-0.39, 0.29) is 6.10 Å². The summed E-state index contributed by atoms with van der Waals surface area (Å²) in [5.74, 6) is 6.25. The third-order valence-electron chi connectivity index (χ3n) is 2.08. The van der Waals surface area contributed by atoms with E-state index < -0.39 is 0 Å². The van der Waals surface area contributed by atoms with Crippen molar-refractivity contribution in [1.82, 2.24) is 0 Å². The molecule has 0 spiro atoms. The Bertz CT molecular complexity index is 299. The Labute approximate surface area is 71.5 Å². The van der Waals surface area contributed by atoms with Crippen molar-refractivity contribution in [3.63, 3.8) is 0 Å². The van der Waals surface area contributed by atoms with E-state index in [0.29, 0.717) is 0 Å². The zero-order valence-electron chi connectivity index (χ0n) is 7.00. The number of anilines is 1. The first-order chi connectivity index (χ1) is 5.81. The van der Waals surface area contributed by atoms with Crippen LogP contribution in [0.2, 0.25) is 0 Å². The van der Waals surface area contributed by atoms with Gasteiger partial charge in [0.15, 0.2) is 0 Å². The smallest absolute Gasteiger partial charge is 0.147 e. The van der Waals surface area contributed by atoms with Gasteiger partial charge in [-0.25, -0.2) is 0 Å². The molecule has 0 saturated carbocycles.